The van der Waals surface area contributed by atoms with E-state index < -0.39 is 33.9 Å². The molecule has 0 bridgehead atoms. The summed E-state index contributed by atoms with van der Waals surface area (Å²) in [6, 6.07) is 9.80. The smallest absolute Gasteiger partial charge is 0.256 e. The van der Waals surface area contributed by atoms with Gasteiger partial charge in [-0.3, -0.25) is 4.79 Å². The lowest BCUT2D eigenvalue weighted by atomic mass is 10.0. The van der Waals surface area contributed by atoms with Crippen LogP contribution in [-0.2, 0) is 10.0 Å². The molecule has 3 rings (SSSR count). The van der Waals surface area contributed by atoms with Crippen LogP contribution >= 0.6 is 0 Å². The molecule has 1 heterocycles. The highest BCUT2D eigenvalue weighted by Crippen LogP contribution is 2.34. The van der Waals surface area contributed by atoms with Crippen molar-refractivity contribution in [1.82, 2.24) is 9.21 Å². The summed E-state index contributed by atoms with van der Waals surface area (Å²) < 4.78 is 48.8. The van der Waals surface area contributed by atoms with Crippen LogP contribution in [0, 0.1) is 23.6 Å². The number of sulfonamides is 1. The average molecular weight is 517 g/mol. The molecule has 2 aromatic rings. The van der Waals surface area contributed by atoms with Gasteiger partial charge in [0.25, 0.3) is 5.91 Å². The van der Waals surface area contributed by atoms with Gasteiger partial charge in [-0.1, -0.05) is 37.8 Å². The van der Waals surface area contributed by atoms with Crippen LogP contribution in [0.25, 0.3) is 0 Å². The predicted octanol–water partition coefficient (Wildman–Crippen LogP) is 3.52. The molecule has 0 saturated carbocycles. The van der Waals surface area contributed by atoms with Crippen molar-refractivity contribution >= 4 is 15.9 Å². The monoisotopic (exact) mass is 516 g/mol. The van der Waals surface area contributed by atoms with Gasteiger partial charge in [0.1, 0.15) is 22.6 Å². The van der Waals surface area contributed by atoms with Crippen molar-refractivity contribution in [3.8, 4) is 17.6 Å². The second kappa shape index (κ2) is 11.9. The summed E-state index contributed by atoms with van der Waals surface area (Å²) in [5, 5.41) is 9.77. The number of aliphatic hydroxyl groups excluding tert-OH is 1. The fourth-order valence-corrected chi connectivity index (χ4v) is 5.83. The third kappa shape index (κ3) is 6.06. The van der Waals surface area contributed by atoms with E-state index in [-0.39, 0.29) is 41.8 Å². The number of benzene rings is 2. The molecule has 36 heavy (non-hydrogen) atoms. The molecule has 2 aromatic carbocycles. The van der Waals surface area contributed by atoms with Crippen LogP contribution in [-0.4, -0.2) is 67.5 Å². The van der Waals surface area contributed by atoms with E-state index in [0.29, 0.717) is 12.0 Å². The molecule has 0 radical (unpaired) electrons. The number of amides is 1. The molecule has 1 amide bonds. The first-order valence-corrected chi connectivity index (χ1v) is 13.5. The van der Waals surface area contributed by atoms with E-state index >= 15 is 0 Å². The number of carbonyl (C=O) groups is 1. The van der Waals surface area contributed by atoms with Gasteiger partial charge in [0, 0.05) is 37.5 Å². The summed E-state index contributed by atoms with van der Waals surface area (Å²) in [6.07, 6.45) is 1.01. The van der Waals surface area contributed by atoms with E-state index in [9.17, 15) is 22.7 Å². The van der Waals surface area contributed by atoms with Gasteiger partial charge >= 0.3 is 0 Å². The van der Waals surface area contributed by atoms with Crippen molar-refractivity contribution in [2.24, 2.45) is 5.92 Å². The van der Waals surface area contributed by atoms with Crippen LogP contribution in [0.1, 0.15) is 49.5 Å². The molecule has 0 spiro atoms. The number of hydrogen-bond acceptors (Lipinski definition) is 5. The Balaban J connectivity index is 2.01. The second-order valence-electron chi connectivity index (χ2n) is 9.12. The van der Waals surface area contributed by atoms with Gasteiger partial charge in [0.15, 0.2) is 0 Å². The van der Waals surface area contributed by atoms with Gasteiger partial charge in [-0.05, 0) is 43.7 Å². The van der Waals surface area contributed by atoms with Crippen LogP contribution in [0.4, 0.5) is 4.39 Å². The molecule has 1 aliphatic heterocycles. The van der Waals surface area contributed by atoms with Crippen molar-refractivity contribution in [3.63, 3.8) is 0 Å². The largest absolute Gasteiger partial charge is 0.487 e. The van der Waals surface area contributed by atoms with Crippen molar-refractivity contribution < 1.29 is 27.4 Å². The highest BCUT2D eigenvalue weighted by atomic mass is 32.2. The fourth-order valence-electron chi connectivity index (χ4n) is 4.00. The molecule has 0 saturated heterocycles. The summed E-state index contributed by atoms with van der Waals surface area (Å²) in [4.78, 5) is 14.3. The molecule has 1 aliphatic rings. The van der Waals surface area contributed by atoms with Crippen LogP contribution in [0.2, 0.25) is 0 Å². The minimum atomic E-state index is -3.98. The number of fused-ring (bicyclic) bond motifs is 1. The second-order valence-corrected chi connectivity index (χ2v) is 11.0. The van der Waals surface area contributed by atoms with E-state index in [1.165, 1.54) is 33.5 Å². The number of rotatable bonds is 6. The van der Waals surface area contributed by atoms with Crippen LogP contribution < -0.4 is 4.74 Å². The summed E-state index contributed by atoms with van der Waals surface area (Å²) >= 11 is 0. The summed E-state index contributed by atoms with van der Waals surface area (Å²) in [6.45, 7) is 5.31. The topological polar surface area (TPSA) is 87.2 Å². The molecular weight excluding hydrogens is 483 g/mol. The lowest BCUT2D eigenvalue weighted by molar-refractivity contribution is 0.0560. The normalized spacial score (nSPS) is 20.1. The van der Waals surface area contributed by atoms with Gasteiger partial charge in [-0.2, -0.15) is 4.31 Å². The van der Waals surface area contributed by atoms with Crippen LogP contribution in [0.5, 0.6) is 5.75 Å². The van der Waals surface area contributed by atoms with Crippen molar-refractivity contribution in [1.29, 1.82) is 0 Å². The molecule has 0 unspecified atom stereocenters. The summed E-state index contributed by atoms with van der Waals surface area (Å²) in [5.74, 6) is 4.74. The highest BCUT2D eigenvalue weighted by molar-refractivity contribution is 7.89. The SMILES string of the molecule is CCCC#Cc1ccc2c(c1)O[C@@H](CN(C)C(=O)c1ccccc1F)[C@@H](C)CN([C@H](C)CO)S2(=O)=O. The molecule has 0 aromatic heterocycles. The number of hydrogen-bond donors (Lipinski definition) is 1. The predicted molar refractivity (Wildman–Crippen MR) is 136 cm³/mol. The number of ether oxygens (including phenoxy) is 1. The maximum absolute atomic E-state index is 14.2. The summed E-state index contributed by atoms with van der Waals surface area (Å²) in [7, 11) is -2.42. The third-order valence-corrected chi connectivity index (χ3v) is 8.20. The molecule has 0 fully saturated rings. The molecule has 7 nitrogen and oxygen atoms in total. The first-order chi connectivity index (χ1) is 17.1. The zero-order chi connectivity index (χ0) is 26.5. The Bertz CT molecular complexity index is 1250. The number of halogens is 1. The number of carbonyl (C=O) groups excluding carboxylic acids is 1. The van der Waals surface area contributed by atoms with E-state index in [0.717, 1.165) is 6.42 Å². The summed E-state index contributed by atoms with van der Waals surface area (Å²) in [5.41, 5.74) is 0.562. The van der Waals surface area contributed by atoms with Gasteiger partial charge < -0.3 is 14.7 Å². The molecule has 194 valence electrons. The zero-order valence-corrected chi connectivity index (χ0v) is 21.9. The lowest BCUT2D eigenvalue weighted by Gasteiger charge is -2.37. The number of unbranched alkanes of at least 4 members (excludes halogenated alkanes) is 1. The Kier molecular flexibility index (Phi) is 9.12. The Morgan fingerprint density at radius 1 is 1.31 bits per heavy atom. The molecule has 3 atom stereocenters. The number of aliphatic hydroxyl groups is 1. The first-order valence-electron chi connectivity index (χ1n) is 12.0. The zero-order valence-electron chi connectivity index (χ0n) is 21.1. The van der Waals surface area contributed by atoms with Gasteiger partial charge in [0.05, 0.1) is 18.7 Å². The van der Waals surface area contributed by atoms with Crippen LogP contribution in [0.15, 0.2) is 47.4 Å². The fraction of sp³-hybridized carbons (Fsp3) is 0.444. The van der Waals surface area contributed by atoms with E-state index in [1.807, 2.05) is 13.8 Å². The van der Waals surface area contributed by atoms with E-state index in [4.69, 9.17) is 4.74 Å². The van der Waals surface area contributed by atoms with Gasteiger partial charge in [0.2, 0.25) is 10.0 Å². The van der Waals surface area contributed by atoms with Gasteiger partial charge in [-0.25, -0.2) is 12.8 Å². The minimum absolute atomic E-state index is 0.0242. The Morgan fingerprint density at radius 2 is 2.03 bits per heavy atom. The maximum atomic E-state index is 14.2. The molecule has 1 N–H and O–H groups in total. The molecule has 9 heteroatoms. The van der Waals surface area contributed by atoms with Crippen molar-refractivity contribution in [2.45, 2.75) is 50.7 Å². The Morgan fingerprint density at radius 3 is 2.69 bits per heavy atom. The van der Waals surface area contributed by atoms with Gasteiger partial charge in [-0.15, -0.1) is 0 Å². The Labute approximate surface area is 212 Å². The molecular formula is C27H33FN2O5S. The Hall–Kier alpha value is -2.93. The number of likely N-dealkylation sites (N-methyl/N-ethyl adjacent to an activating group) is 1. The van der Waals surface area contributed by atoms with E-state index in [1.54, 1.807) is 32.2 Å². The van der Waals surface area contributed by atoms with E-state index in [2.05, 4.69) is 11.8 Å². The molecule has 0 aliphatic carbocycles. The maximum Gasteiger partial charge on any atom is 0.256 e. The lowest BCUT2D eigenvalue weighted by Crippen LogP contribution is -2.50. The standard InChI is InChI=1S/C27H33FN2O5S/c1-5-6-7-10-21-13-14-26-24(15-21)35-25(19(2)16-30(20(3)18-31)36(26,33)34)17-29(4)27(32)22-11-8-9-12-23(22)28/h8-9,11-15,19-20,25,31H,5-6,16-18H2,1-4H3/t19-,20+,25-/m0/s1. The quantitative estimate of drug-likeness (QED) is 0.594. The third-order valence-electron chi connectivity index (χ3n) is 6.18. The highest BCUT2D eigenvalue weighted by Gasteiger charge is 2.38. The number of nitrogens with zero attached hydrogens (tertiary/aromatic N) is 2. The van der Waals surface area contributed by atoms with Crippen molar-refractivity contribution in [2.75, 3.05) is 26.7 Å². The minimum Gasteiger partial charge on any atom is -0.487 e. The first kappa shape index (κ1) is 27.7. The average Bonchev–Trinajstić information content (AvgIpc) is 2.85. The van der Waals surface area contributed by atoms with Crippen LogP contribution in [0.3, 0.4) is 0 Å². The van der Waals surface area contributed by atoms with Crippen molar-refractivity contribution in [3.05, 3.63) is 59.4 Å².